The number of hydrogen-bond donors (Lipinski definition) is 1. The largest absolute Gasteiger partial charge is 0.586 e. The first-order valence-electron chi connectivity index (χ1n) is 5.17. The molecule has 2 rings (SSSR count). The highest BCUT2D eigenvalue weighted by atomic mass is 35.5. The molecule has 96 valence electrons. The van der Waals surface area contributed by atoms with E-state index >= 15 is 0 Å². The van der Waals surface area contributed by atoms with Gasteiger partial charge in [0.05, 0.1) is 0 Å². The lowest BCUT2D eigenvalue weighted by Gasteiger charge is -2.10. The molecule has 6 heteroatoms. The molecule has 0 saturated carbocycles. The molecule has 0 bridgehead atoms. The molecule has 1 atom stereocenters. The number of hydrogen-bond acceptors (Lipinski definition) is 3. The summed E-state index contributed by atoms with van der Waals surface area (Å²) < 4.78 is 34.1. The van der Waals surface area contributed by atoms with Gasteiger partial charge in [-0.25, -0.2) is 0 Å². The maximum atomic E-state index is 12.7. The molecule has 2 N–H and O–H groups in total. The van der Waals surface area contributed by atoms with Crippen molar-refractivity contribution in [2.75, 3.05) is 0 Å². The van der Waals surface area contributed by atoms with Crippen molar-refractivity contribution >= 4 is 12.4 Å². The van der Waals surface area contributed by atoms with Crippen LogP contribution in [0.5, 0.6) is 11.5 Å². The van der Waals surface area contributed by atoms with Gasteiger partial charge in [-0.2, -0.15) is 0 Å². The van der Waals surface area contributed by atoms with E-state index in [-0.39, 0.29) is 29.9 Å². The van der Waals surface area contributed by atoms with E-state index in [1.807, 2.05) is 6.92 Å². The smallest absolute Gasteiger partial charge is 0.395 e. The van der Waals surface area contributed by atoms with Crippen LogP contribution < -0.4 is 15.2 Å². The Balaban J connectivity index is 0.00000144. The van der Waals surface area contributed by atoms with E-state index in [0.717, 1.165) is 18.4 Å². The van der Waals surface area contributed by atoms with Gasteiger partial charge in [-0.1, -0.05) is 19.4 Å². The van der Waals surface area contributed by atoms with Crippen molar-refractivity contribution in [1.82, 2.24) is 0 Å². The molecule has 0 aliphatic carbocycles. The zero-order chi connectivity index (χ0) is 11.8. The summed E-state index contributed by atoms with van der Waals surface area (Å²) in [5.41, 5.74) is 6.66. The van der Waals surface area contributed by atoms with Crippen LogP contribution in [-0.2, 0) is 0 Å². The summed E-state index contributed by atoms with van der Waals surface area (Å²) in [7, 11) is 0. The first-order valence-corrected chi connectivity index (χ1v) is 5.17. The molecule has 1 aliphatic heterocycles. The van der Waals surface area contributed by atoms with Crippen LogP contribution in [0.15, 0.2) is 18.2 Å². The molecule has 0 spiro atoms. The fraction of sp³-hybridized carbons (Fsp3) is 0.455. The van der Waals surface area contributed by atoms with Crippen molar-refractivity contribution in [3.63, 3.8) is 0 Å². The van der Waals surface area contributed by atoms with Crippen LogP contribution in [-0.4, -0.2) is 6.29 Å². The van der Waals surface area contributed by atoms with Crippen molar-refractivity contribution in [3.8, 4) is 11.5 Å². The van der Waals surface area contributed by atoms with Gasteiger partial charge in [0.15, 0.2) is 11.5 Å². The average molecular weight is 266 g/mol. The van der Waals surface area contributed by atoms with Crippen LogP contribution in [0, 0.1) is 0 Å². The van der Waals surface area contributed by atoms with E-state index in [9.17, 15) is 8.78 Å². The fourth-order valence-corrected chi connectivity index (χ4v) is 1.67. The lowest BCUT2D eigenvalue weighted by Crippen LogP contribution is -2.25. The molecule has 0 amide bonds. The highest BCUT2D eigenvalue weighted by Gasteiger charge is 2.43. The average Bonchev–Trinajstić information content (AvgIpc) is 2.50. The monoisotopic (exact) mass is 265 g/mol. The van der Waals surface area contributed by atoms with Gasteiger partial charge in [-0.05, 0) is 24.1 Å². The summed E-state index contributed by atoms with van der Waals surface area (Å²) in [6.07, 6.45) is -1.82. The Bertz CT molecular complexity index is 401. The quantitative estimate of drug-likeness (QED) is 0.913. The molecule has 1 aromatic carbocycles. The Labute approximate surface area is 104 Å². The van der Waals surface area contributed by atoms with Crippen LogP contribution in [0.3, 0.4) is 0 Å². The molecular weight excluding hydrogens is 252 g/mol. The predicted octanol–water partition coefficient (Wildman–Crippen LogP) is 3.23. The van der Waals surface area contributed by atoms with Crippen molar-refractivity contribution in [2.45, 2.75) is 32.1 Å². The third kappa shape index (κ3) is 2.98. The van der Waals surface area contributed by atoms with Gasteiger partial charge in [0, 0.05) is 6.04 Å². The Kier molecular flexibility index (Phi) is 4.16. The van der Waals surface area contributed by atoms with E-state index < -0.39 is 6.29 Å². The maximum Gasteiger partial charge on any atom is 0.586 e. The van der Waals surface area contributed by atoms with Crippen LogP contribution in [0.1, 0.15) is 31.4 Å². The third-order valence-electron chi connectivity index (χ3n) is 2.45. The number of halogens is 3. The van der Waals surface area contributed by atoms with Gasteiger partial charge in [-0.15, -0.1) is 21.2 Å². The van der Waals surface area contributed by atoms with E-state index in [1.165, 1.54) is 12.1 Å². The molecule has 1 aromatic rings. The number of ether oxygens (including phenoxy) is 2. The molecule has 0 radical (unpaired) electrons. The van der Waals surface area contributed by atoms with Gasteiger partial charge >= 0.3 is 6.29 Å². The van der Waals surface area contributed by atoms with E-state index in [4.69, 9.17) is 5.73 Å². The standard InChI is InChI=1S/C11H13F2NO2.ClH/c1-2-3-8(14)7-4-5-9-10(6-7)16-11(12,13)15-9;/h4-6,8H,2-3,14H2,1H3;1H/t8-;/m1./s1. The molecule has 0 saturated heterocycles. The number of rotatable bonds is 3. The van der Waals surface area contributed by atoms with Gasteiger partial charge in [0.25, 0.3) is 0 Å². The summed E-state index contributed by atoms with van der Waals surface area (Å²) in [5.74, 6) is 0.103. The summed E-state index contributed by atoms with van der Waals surface area (Å²) in [6.45, 7) is 2.01. The zero-order valence-corrected chi connectivity index (χ0v) is 10.1. The molecule has 0 unspecified atom stereocenters. The number of alkyl halides is 2. The van der Waals surface area contributed by atoms with Crippen LogP contribution in [0.4, 0.5) is 8.78 Å². The molecule has 1 aliphatic rings. The highest BCUT2D eigenvalue weighted by Crippen LogP contribution is 2.42. The Hall–Kier alpha value is -1.07. The molecular formula is C11H14ClF2NO2. The van der Waals surface area contributed by atoms with Crippen molar-refractivity contribution in [3.05, 3.63) is 23.8 Å². The third-order valence-corrected chi connectivity index (χ3v) is 2.45. The number of nitrogens with two attached hydrogens (primary N) is 1. The Morgan fingerprint density at radius 3 is 2.59 bits per heavy atom. The molecule has 3 nitrogen and oxygen atoms in total. The minimum Gasteiger partial charge on any atom is -0.395 e. The second-order valence-corrected chi connectivity index (χ2v) is 3.77. The van der Waals surface area contributed by atoms with Gasteiger partial charge in [0.1, 0.15) is 0 Å². The van der Waals surface area contributed by atoms with Gasteiger partial charge < -0.3 is 15.2 Å². The van der Waals surface area contributed by atoms with Crippen LogP contribution in [0.25, 0.3) is 0 Å². The maximum absolute atomic E-state index is 12.7. The first kappa shape index (κ1) is 14.0. The van der Waals surface area contributed by atoms with Gasteiger partial charge in [0.2, 0.25) is 0 Å². The van der Waals surface area contributed by atoms with E-state index in [0.29, 0.717) is 0 Å². The molecule has 0 fully saturated rings. The second-order valence-electron chi connectivity index (χ2n) is 3.77. The topological polar surface area (TPSA) is 44.5 Å². The van der Waals surface area contributed by atoms with Crippen LogP contribution in [0.2, 0.25) is 0 Å². The summed E-state index contributed by atoms with van der Waals surface area (Å²) in [5, 5.41) is 0. The molecule has 1 heterocycles. The Morgan fingerprint density at radius 2 is 1.94 bits per heavy atom. The van der Waals surface area contributed by atoms with Crippen LogP contribution >= 0.6 is 12.4 Å². The fourth-order valence-electron chi connectivity index (χ4n) is 1.67. The van der Waals surface area contributed by atoms with Crippen molar-refractivity contribution < 1.29 is 18.3 Å². The number of benzene rings is 1. The van der Waals surface area contributed by atoms with E-state index in [1.54, 1.807) is 6.07 Å². The number of fused-ring (bicyclic) bond motifs is 1. The normalized spacial score (nSPS) is 17.4. The first-order chi connectivity index (χ1) is 7.52. The summed E-state index contributed by atoms with van der Waals surface area (Å²) in [6, 6.07) is 4.50. The molecule has 17 heavy (non-hydrogen) atoms. The minimum absolute atomic E-state index is 0. The predicted molar refractivity (Wildman–Crippen MR) is 61.7 cm³/mol. The Morgan fingerprint density at radius 1 is 1.29 bits per heavy atom. The lowest BCUT2D eigenvalue weighted by molar-refractivity contribution is -0.286. The van der Waals surface area contributed by atoms with E-state index in [2.05, 4.69) is 9.47 Å². The summed E-state index contributed by atoms with van der Waals surface area (Å²) in [4.78, 5) is 0. The second kappa shape index (κ2) is 5.06. The highest BCUT2D eigenvalue weighted by molar-refractivity contribution is 5.85. The molecule has 0 aromatic heterocycles. The summed E-state index contributed by atoms with van der Waals surface area (Å²) >= 11 is 0. The van der Waals surface area contributed by atoms with Crippen molar-refractivity contribution in [2.24, 2.45) is 5.73 Å². The lowest BCUT2D eigenvalue weighted by atomic mass is 10.0. The van der Waals surface area contributed by atoms with Gasteiger partial charge in [-0.3, -0.25) is 0 Å². The van der Waals surface area contributed by atoms with Crippen molar-refractivity contribution in [1.29, 1.82) is 0 Å². The minimum atomic E-state index is -3.56. The SMILES string of the molecule is CCC[C@@H](N)c1ccc2c(c1)OC(F)(F)O2.Cl. The zero-order valence-electron chi connectivity index (χ0n) is 9.28.